The van der Waals surface area contributed by atoms with Crippen LogP contribution in [0.4, 0.5) is 0 Å². The van der Waals surface area contributed by atoms with Crippen LogP contribution >= 0.6 is 0 Å². The van der Waals surface area contributed by atoms with Gasteiger partial charge in [-0.05, 0) is 39.2 Å². The number of aliphatic hydroxyl groups excluding tert-OH is 1. The van der Waals surface area contributed by atoms with Gasteiger partial charge in [-0.25, -0.2) is 0 Å². The number of hydrogen-bond donors (Lipinski definition) is 7. The van der Waals surface area contributed by atoms with Crippen molar-refractivity contribution in [2.24, 2.45) is 22.9 Å². The van der Waals surface area contributed by atoms with Gasteiger partial charge < -0.3 is 43.5 Å². The lowest BCUT2D eigenvalue weighted by atomic mass is 10.00. The van der Waals surface area contributed by atoms with Crippen molar-refractivity contribution in [3.05, 3.63) is 0 Å². The summed E-state index contributed by atoms with van der Waals surface area (Å²) in [4.78, 5) is 58.2. The van der Waals surface area contributed by atoms with Crippen molar-refractivity contribution in [2.45, 2.75) is 75.7 Å². The summed E-state index contributed by atoms with van der Waals surface area (Å²) in [6.07, 6.45) is 0.0789. The first-order valence-corrected chi connectivity index (χ1v) is 9.79. The lowest BCUT2D eigenvalue weighted by molar-refractivity contribution is -0.129. The van der Waals surface area contributed by atoms with Gasteiger partial charge in [0, 0.05) is 12.8 Å². The summed E-state index contributed by atoms with van der Waals surface area (Å²) in [5.41, 5.74) is 21.7. The van der Waals surface area contributed by atoms with Crippen molar-refractivity contribution in [3.8, 4) is 0 Å². The standard InChI is InChI=1S/C18H34N6O6/c1-10(20)17(29)24-13(16(22)28)6-5-12(26)8-14(27)15(21)18(30)23-11(9-25)4-2-3-7-19/h9-11,13-15,27H,2-8,19-21H2,1H3,(H2,22,28)(H,23,30)(H,24,29)/t10-,11-,13+,14+,15-/m0/s1. The van der Waals surface area contributed by atoms with Crippen molar-refractivity contribution in [1.29, 1.82) is 0 Å². The van der Waals surface area contributed by atoms with E-state index in [0.717, 1.165) is 0 Å². The van der Waals surface area contributed by atoms with Crippen LogP contribution in [0.3, 0.4) is 0 Å². The van der Waals surface area contributed by atoms with Crippen LogP contribution in [0.15, 0.2) is 0 Å². The molecule has 5 atom stereocenters. The zero-order valence-corrected chi connectivity index (χ0v) is 17.2. The predicted molar refractivity (Wildman–Crippen MR) is 109 cm³/mol. The molecule has 172 valence electrons. The van der Waals surface area contributed by atoms with E-state index in [2.05, 4.69) is 10.6 Å². The summed E-state index contributed by atoms with van der Waals surface area (Å²) in [7, 11) is 0. The van der Waals surface area contributed by atoms with Crippen molar-refractivity contribution in [3.63, 3.8) is 0 Å². The molecule has 12 nitrogen and oxygen atoms in total. The molecule has 11 N–H and O–H groups in total. The van der Waals surface area contributed by atoms with Crippen LogP contribution in [0.5, 0.6) is 0 Å². The summed E-state index contributed by atoms with van der Waals surface area (Å²) >= 11 is 0. The molecule has 0 unspecified atom stereocenters. The van der Waals surface area contributed by atoms with Crippen LogP contribution in [0.25, 0.3) is 0 Å². The third-order valence-corrected chi connectivity index (χ3v) is 4.40. The molecule has 0 saturated carbocycles. The van der Waals surface area contributed by atoms with E-state index in [1.807, 2.05) is 0 Å². The molecule has 0 heterocycles. The molecule has 0 aliphatic heterocycles. The minimum atomic E-state index is -1.49. The third-order valence-electron chi connectivity index (χ3n) is 4.40. The van der Waals surface area contributed by atoms with Crippen molar-refractivity contribution < 1.29 is 29.1 Å². The quantitative estimate of drug-likeness (QED) is 0.0950. The van der Waals surface area contributed by atoms with Gasteiger partial charge in [0.15, 0.2) is 0 Å². The van der Waals surface area contributed by atoms with E-state index in [9.17, 15) is 29.1 Å². The van der Waals surface area contributed by atoms with Crippen LogP contribution in [-0.2, 0) is 24.0 Å². The molecule has 0 aliphatic carbocycles. The highest BCUT2D eigenvalue weighted by Gasteiger charge is 2.27. The molecular formula is C18H34N6O6. The lowest BCUT2D eigenvalue weighted by Crippen LogP contribution is -2.52. The van der Waals surface area contributed by atoms with Gasteiger partial charge in [0.05, 0.1) is 18.2 Å². The number of hydrogen-bond acceptors (Lipinski definition) is 9. The average Bonchev–Trinajstić information content (AvgIpc) is 2.68. The maximum atomic E-state index is 12.1. The molecule has 0 aliphatic rings. The van der Waals surface area contributed by atoms with Crippen LogP contribution in [0.1, 0.15) is 45.4 Å². The van der Waals surface area contributed by atoms with Gasteiger partial charge in [0.1, 0.15) is 24.2 Å². The number of carbonyl (C=O) groups is 5. The van der Waals surface area contributed by atoms with E-state index in [-0.39, 0.29) is 12.8 Å². The smallest absolute Gasteiger partial charge is 0.240 e. The molecule has 0 bridgehead atoms. The van der Waals surface area contributed by atoms with Crippen LogP contribution in [-0.4, -0.2) is 71.7 Å². The Labute approximate surface area is 175 Å². The Bertz CT molecular complexity index is 600. The maximum absolute atomic E-state index is 12.1. The molecule has 0 saturated heterocycles. The number of aldehydes is 1. The predicted octanol–water partition coefficient (Wildman–Crippen LogP) is -3.46. The van der Waals surface area contributed by atoms with E-state index in [1.165, 1.54) is 6.92 Å². The minimum absolute atomic E-state index is 0.0882. The summed E-state index contributed by atoms with van der Waals surface area (Å²) in [6.45, 7) is 1.89. The number of aliphatic hydroxyl groups is 1. The highest BCUT2D eigenvalue weighted by molar-refractivity contribution is 5.89. The Morgan fingerprint density at radius 2 is 1.67 bits per heavy atom. The van der Waals surface area contributed by atoms with Crippen molar-refractivity contribution in [2.75, 3.05) is 6.54 Å². The second kappa shape index (κ2) is 14.6. The van der Waals surface area contributed by atoms with Gasteiger partial charge in [-0.2, -0.15) is 0 Å². The lowest BCUT2D eigenvalue weighted by Gasteiger charge is -2.21. The van der Waals surface area contributed by atoms with Gasteiger partial charge in [0.2, 0.25) is 17.7 Å². The van der Waals surface area contributed by atoms with Gasteiger partial charge >= 0.3 is 0 Å². The van der Waals surface area contributed by atoms with Gasteiger partial charge in [-0.1, -0.05) is 0 Å². The first kappa shape index (κ1) is 27.6. The molecule has 3 amide bonds. The number of Topliss-reactive ketones (excluding diaryl/α,β-unsaturated/α-hetero) is 1. The molecule has 0 aromatic carbocycles. The Balaban J connectivity index is 4.57. The third kappa shape index (κ3) is 11.0. The van der Waals surface area contributed by atoms with E-state index in [0.29, 0.717) is 32.1 Å². The maximum Gasteiger partial charge on any atom is 0.240 e. The molecule has 0 fully saturated rings. The van der Waals surface area contributed by atoms with Gasteiger partial charge in [-0.3, -0.25) is 19.2 Å². The molecule has 0 aromatic heterocycles. The molecule has 0 rings (SSSR count). The zero-order chi connectivity index (χ0) is 23.3. The highest BCUT2D eigenvalue weighted by atomic mass is 16.3. The number of primary amides is 1. The summed E-state index contributed by atoms with van der Waals surface area (Å²) in [6, 6.07) is -4.13. The minimum Gasteiger partial charge on any atom is -0.390 e. The van der Waals surface area contributed by atoms with E-state index >= 15 is 0 Å². The number of ketones is 1. The topological polar surface area (TPSA) is 234 Å². The number of rotatable bonds is 16. The fourth-order valence-corrected chi connectivity index (χ4v) is 2.49. The van der Waals surface area contributed by atoms with Crippen LogP contribution in [0.2, 0.25) is 0 Å². The van der Waals surface area contributed by atoms with Crippen molar-refractivity contribution in [1.82, 2.24) is 10.6 Å². The second-order valence-corrected chi connectivity index (χ2v) is 7.16. The number of unbranched alkanes of at least 4 members (excludes halogenated alkanes) is 1. The Morgan fingerprint density at radius 1 is 1.03 bits per heavy atom. The Hall–Kier alpha value is -2.41. The second-order valence-electron chi connectivity index (χ2n) is 7.16. The van der Waals surface area contributed by atoms with E-state index < -0.39 is 60.2 Å². The summed E-state index contributed by atoms with van der Waals surface area (Å²) in [5.74, 6) is -2.68. The summed E-state index contributed by atoms with van der Waals surface area (Å²) < 4.78 is 0. The van der Waals surface area contributed by atoms with Crippen LogP contribution in [0, 0.1) is 0 Å². The largest absolute Gasteiger partial charge is 0.390 e. The highest BCUT2D eigenvalue weighted by Crippen LogP contribution is 2.07. The number of nitrogens with one attached hydrogen (secondary N) is 2. The van der Waals surface area contributed by atoms with E-state index in [1.54, 1.807) is 0 Å². The van der Waals surface area contributed by atoms with Crippen molar-refractivity contribution >= 4 is 29.8 Å². The van der Waals surface area contributed by atoms with E-state index in [4.69, 9.17) is 22.9 Å². The first-order valence-electron chi connectivity index (χ1n) is 9.79. The fourth-order valence-electron chi connectivity index (χ4n) is 2.49. The van der Waals surface area contributed by atoms with Gasteiger partial charge in [0.25, 0.3) is 0 Å². The molecule has 12 heteroatoms. The SMILES string of the molecule is C[C@H](N)C(=O)N[C@H](CCC(=O)C[C@@H](O)[C@H](N)C(=O)N[C@H](C=O)CCCCN)C(N)=O. The summed E-state index contributed by atoms with van der Waals surface area (Å²) in [5, 5.41) is 14.8. The fraction of sp³-hybridized carbons (Fsp3) is 0.722. The van der Waals surface area contributed by atoms with Crippen LogP contribution < -0.4 is 33.6 Å². The normalized spacial score (nSPS) is 15.9. The molecule has 0 spiro atoms. The first-order chi connectivity index (χ1) is 14.0. The number of amides is 3. The Morgan fingerprint density at radius 3 is 2.17 bits per heavy atom. The molecule has 0 aromatic rings. The molecular weight excluding hydrogens is 396 g/mol. The van der Waals surface area contributed by atoms with Gasteiger partial charge in [-0.15, -0.1) is 0 Å². The molecule has 0 radical (unpaired) electrons. The zero-order valence-electron chi connectivity index (χ0n) is 17.2. The number of carbonyl (C=O) groups excluding carboxylic acids is 5. The molecule has 30 heavy (non-hydrogen) atoms. The average molecular weight is 431 g/mol. The number of nitrogens with two attached hydrogens (primary N) is 4. The monoisotopic (exact) mass is 430 g/mol. The Kier molecular flexibility index (Phi) is 13.4.